The Hall–Kier alpha value is -4.06. The molecule has 0 bridgehead atoms. The molecule has 2 N–H and O–H groups in total. The summed E-state index contributed by atoms with van der Waals surface area (Å²) >= 11 is 0. The minimum atomic E-state index is -4.29. The lowest BCUT2D eigenvalue weighted by atomic mass is 10.1. The largest absolute Gasteiger partial charge is 0.495 e. The lowest BCUT2D eigenvalue weighted by Gasteiger charge is -2.16. The number of nitrogens with zero attached hydrogens (tertiary/aromatic N) is 2. The molecule has 0 aromatic heterocycles. The summed E-state index contributed by atoms with van der Waals surface area (Å²) in [5, 5.41) is 18.0. The maximum atomic E-state index is 13.2. The van der Waals surface area contributed by atoms with Crippen molar-refractivity contribution in [2.24, 2.45) is 0 Å². The van der Waals surface area contributed by atoms with Crippen LogP contribution in [0.2, 0.25) is 0 Å². The van der Waals surface area contributed by atoms with E-state index in [4.69, 9.17) is 15.3 Å². The molecule has 0 aliphatic rings. The van der Waals surface area contributed by atoms with E-state index >= 15 is 0 Å². The van der Waals surface area contributed by atoms with Gasteiger partial charge in [0.2, 0.25) is 0 Å². The second kappa shape index (κ2) is 10.3. The fourth-order valence-electron chi connectivity index (χ4n) is 3.16. The van der Waals surface area contributed by atoms with Gasteiger partial charge in [-0.3, -0.25) is 9.44 Å². The minimum absolute atomic E-state index is 0.00698. The molecule has 0 heterocycles. The first kappa shape index (κ1) is 24.6. The summed E-state index contributed by atoms with van der Waals surface area (Å²) in [7, 11) is -7.22. The van der Waals surface area contributed by atoms with Crippen molar-refractivity contribution in [1.29, 1.82) is 10.5 Å². The van der Waals surface area contributed by atoms with Crippen LogP contribution in [-0.4, -0.2) is 23.9 Å². The van der Waals surface area contributed by atoms with Gasteiger partial charge in [-0.1, -0.05) is 36.4 Å². The van der Waals surface area contributed by atoms with Crippen LogP contribution in [0.15, 0.2) is 76.5 Å². The average molecular weight is 497 g/mol. The highest BCUT2D eigenvalue weighted by molar-refractivity contribution is 7.93. The molecular weight excluding hydrogens is 476 g/mol. The minimum Gasteiger partial charge on any atom is -0.495 e. The van der Waals surface area contributed by atoms with Crippen molar-refractivity contribution in [3.63, 3.8) is 0 Å². The fourth-order valence-corrected chi connectivity index (χ4v) is 5.65. The van der Waals surface area contributed by atoms with Gasteiger partial charge in [-0.15, -0.1) is 0 Å². The summed E-state index contributed by atoms with van der Waals surface area (Å²) in [5.41, 5.74) is 1.36. The zero-order valence-electron chi connectivity index (χ0n) is 18.0. The maximum Gasteiger partial charge on any atom is 0.265 e. The first-order chi connectivity index (χ1) is 16.2. The van der Waals surface area contributed by atoms with Crippen molar-refractivity contribution < 1.29 is 21.6 Å². The number of anilines is 2. The summed E-state index contributed by atoms with van der Waals surface area (Å²) in [6, 6.07) is 20.2. The number of hydrogen-bond acceptors (Lipinski definition) is 7. The van der Waals surface area contributed by atoms with E-state index in [1.165, 1.54) is 31.4 Å². The average Bonchev–Trinajstić information content (AvgIpc) is 2.81. The monoisotopic (exact) mass is 496 g/mol. The molecular formula is C23H20N4O5S2. The highest BCUT2D eigenvalue weighted by atomic mass is 32.2. The normalized spacial score (nSPS) is 11.1. The van der Waals surface area contributed by atoms with Gasteiger partial charge in [-0.05, 0) is 41.5 Å². The summed E-state index contributed by atoms with van der Waals surface area (Å²) < 4.78 is 62.5. The van der Waals surface area contributed by atoms with E-state index in [2.05, 4.69) is 9.44 Å². The molecule has 0 saturated heterocycles. The quantitative estimate of drug-likeness (QED) is 0.461. The number of ether oxygens (including phenoxy) is 1. The summed E-state index contributed by atoms with van der Waals surface area (Å²) in [5.74, 6) is -0.0610. The zero-order chi connectivity index (χ0) is 24.8. The molecule has 0 aliphatic carbocycles. The summed E-state index contributed by atoms with van der Waals surface area (Å²) in [4.78, 5) is -0.708. The molecule has 11 heteroatoms. The number of methoxy groups -OCH3 is 1. The van der Waals surface area contributed by atoms with Crippen molar-refractivity contribution in [2.75, 3.05) is 16.6 Å². The Balaban J connectivity index is 2.02. The molecule has 0 spiro atoms. The smallest absolute Gasteiger partial charge is 0.265 e. The van der Waals surface area contributed by atoms with Gasteiger partial charge in [0.25, 0.3) is 20.0 Å². The molecule has 0 fully saturated rings. The van der Waals surface area contributed by atoms with Crippen LogP contribution in [0.1, 0.15) is 11.1 Å². The highest BCUT2D eigenvalue weighted by Gasteiger charge is 2.25. The van der Waals surface area contributed by atoms with Gasteiger partial charge >= 0.3 is 0 Å². The van der Waals surface area contributed by atoms with E-state index in [1.807, 2.05) is 12.1 Å². The molecule has 0 unspecified atom stereocenters. The van der Waals surface area contributed by atoms with Crippen LogP contribution in [0.25, 0.3) is 0 Å². The highest BCUT2D eigenvalue weighted by Crippen LogP contribution is 2.30. The number of sulfonamides is 2. The molecule has 3 rings (SSSR count). The number of rotatable bonds is 9. The third-order valence-electron chi connectivity index (χ3n) is 4.80. The first-order valence-electron chi connectivity index (χ1n) is 9.85. The molecule has 0 atom stereocenters. The second-order valence-corrected chi connectivity index (χ2v) is 10.3. The predicted molar refractivity (Wildman–Crippen MR) is 126 cm³/mol. The van der Waals surface area contributed by atoms with Crippen LogP contribution in [0.5, 0.6) is 5.75 Å². The van der Waals surface area contributed by atoms with E-state index in [1.54, 1.807) is 36.4 Å². The summed E-state index contributed by atoms with van der Waals surface area (Å²) in [6.07, 6.45) is -0.0246. The van der Waals surface area contributed by atoms with Gasteiger partial charge in [-0.25, -0.2) is 16.8 Å². The summed E-state index contributed by atoms with van der Waals surface area (Å²) in [6.45, 7) is 0. The lowest BCUT2D eigenvalue weighted by Crippen LogP contribution is -2.18. The molecule has 0 aliphatic heterocycles. The van der Waals surface area contributed by atoms with Crippen LogP contribution in [0.4, 0.5) is 11.4 Å². The van der Waals surface area contributed by atoms with E-state index in [-0.39, 0.29) is 34.9 Å². The third-order valence-corrected chi connectivity index (χ3v) is 7.55. The van der Waals surface area contributed by atoms with Crippen LogP contribution in [-0.2, 0) is 32.9 Å². The zero-order valence-corrected chi connectivity index (χ0v) is 19.7. The molecule has 0 radical (unpaired) electrons. The Kier molecular flexibility index (Phi) is 7.41. The molecule has 9 nitrogen and oxygen atoms in total. The van der Waals surface area contributed by atoms with Gasteiger partial charge in [0.05, 0.1) is 48.4 Å². The van der Waals surface area contributed by atoms with Crippen molar-refractivity contribution in [2.45, 2.75) is 22.6 Å². The maximum absolute atomic E-state index is 13.2. The van der Waals surface area contributed by atoms with Gasteiger partial charge < -0.3 is 4.74 Å². The SMILES string of the molecule is COc1ccc(S(=O)(=O)Nc2ccccc2CC#N)cc1S(=O)(=O)Nc1ccccc1CC#N. The predicted octanol–water partition coefficient (Wildman–Crippen LogP) is 3.43. The number of nitriles is 2. The van der Waals surface area contributed by atoms with E-state index in [0.29, 0.717) is 11.1 Å². The van der Waals surface area contributed by atoms with Gasteiger partial charge in [-0.2, -0.15) is 10.5 Å². The van der Waals surface area contributed by atoms with Gasteiger partial charge in [0, 0.05) is 0 Å². The first-order valence-corrected chi connectivity index (χ1v) is 12.8. The second-order valence-electron chi connectivity index (χ2n) is 7.01. The Morgan fingerprint density at radius 3 is 1.76 bits per heavy atom. The number of benzene rings is 3. The fraction of sp³-hybridized carbons (Fsp3) is 0.130. The Labute approximate surface area is 198 Å². The molecule has 0 amide bonds. The van der Waals surface area contributed by atoms with E-state index in [0.717, 1.165) is 6.07 Å². The van der Waals surface area contributed by atoms with Crippen molar-refractivity contribution >= 4 is 31.4 Å². The Morgan fingerprint density at radius 1 is 0.765 bits per heavy atom. The van der Waals surface area contributed by atoms with Crippen molar-refractivity contribution in [3.05, 3.63) is 77.9 Å². The topological polar surface area (TPSA) is 149 Å². The Bertz CT molecular complexity index is 1500. The Morgan fingerprint density at radius 2 is 1.26 bits per heavy atom. The van der Waals surface area contributed by atoms with Crippen LogP contribution in [0.3, 0.4) is 0 Å². The third kappa shape index (κ3) is 5.46. The van der Waals surface area contributed by atoms with Crippen LogP contribution >= 0.6 is 0 Å². The number of para-hydroxylation sites is 2. The molecule has 3 aromatic rings. The number of hydrogen-bond donors (Lipinski definition) is 2. The molecule has 0 saturated carbocycles. The standard InChI is InChI=1S/C23H20N4O5S2/c1-32-22-11-10-19(33(28,29)26-20-8-4-2-6-17(20)12-14-24)16-23(22)34(30,31)27-21-9-5-3-7-18(21)13-15-25/h2-11,16,26-27H,12-13H2,1H3. The lowest BCUT2D eigenvalue weighted by molar-refractivity contribution is 0.402. The molecule has 174 valence electrons. The molecule has 34 heavy (non-hydrogen) atoms. The van der Waals surface area contributed by atoms with Crippen LogP contribution in [0, 0.1) is 22.7 Å². The number of nitrogens with one attached hydrogen (secondary N) is 2. The van der Waals surface area contributed by atoms with Gasteiger partial charge in [0.15, 0.2) is 0 Å². The van der Waals surface area contributed by atoms with Crippen molar-refractivity contribution in [1.82, 2.24) is 0 Å². The van der Waals surface area contributed by atoms with E-state index < -0.39 is 24.9 Å². The van der Waals surface area contributed by atoms with E-state index in [9.17, 15) is 16.8 Å². The van der Waals surface area contributed by atoms with Crippen LogP contribution < -0.4 is 14.2 Å². The van der Waals surface area contributed by atoms with Gasteiger partial charge in [0.1, 0.15) is 10.6 Å². The van der Waals surface area contributed by atoms with Crippen molar-refractivity contribution in [3.8, 4) is 17.9 Å². The molecule has 3 aromatic carbocycles.